The van der Waals surface area contributed by atoms with Gasteiger partial charge in [0, 0.05) is 5.75 Å². The average molecular weight is 321 g/mol. The van der Waals surface area contributed by atoms with Gasteiger partial charge in [0.15, 0.2) is 0 Å². The lowest BCUT2D eigenvalue weighted by Gasteiger charge is -2.03. The predicted octanol–water partition coefficient (Wildman–Crippen LogP) is 3.63. The van der Waals surface area contributed by atoms with Crippen LogP contribution in [0.2, 0.25) is 0 Å². The van der Waals surface area contributed by atoms with Crippen molar-refractivity contribution in [2.45, 2.75) is 17.7 Å². The van der Waals surface area contributed by atoms with Crippen molar-refractivity contribution in [1.82, 2.24) is 10.2 Å². The van der Waals surface area contributed by atoms with Gasteiger partial charge in [-0.25, -0.2) is 0 Å². The van der Waals surface area contributed by atoms with Crippen LogP contribution in [-0.2, 0) is 0 Å². The number of thioether (sulfide) groups is 2. The first-order valence-corrected chi connectivity index (χ1v) is 9.10. The highest BCUT2D eigenvalue weighted by atomic mass is 32.2. The van der Waals surface area contributed by atoms with Crippen LogP contribution in [0.15, 0.2) is 46.0 Å². The molecule has 21 heavy (non-hydrogen) atoms. The van der Waals surface area contributed by atoms with Crippen molar-refractivity contribution in [3.8, 4) is 0 Å². The fourth-order valence-corrected chi connectivity index (χ4v) is 2.73. The molecule has 1 aromatic heterocycles. The molecule has 2 rings (SSSR count). The summed E-state index contributed by atoms with van der Waals surface area (Å²) in [5, 5.41) is 8.60. The Morgan fingerprint density at radius 1 is 1.29 bits per heavy atom. The van der Waals surface area contributed by atoms with E-state index in [1.54, 1.807) is 11.8 Å². The first kappa shape index (κ1) is 16.1. The van der Waals surface area contributed by atoms with E-state index < -0.39 is 0 Å². The van der Waals surface area contributed by atoms with Crippen molar-refractivity contribution >= 4 is 29.6 Å². The molecule has 1 heterocycles. The highest BCUT2D eigenvalue weighted by Gasteiger charge is 2.13. The molecule has 0 saturated carbocycles. The zero-order valence-corrected chi connectivity index (χ0v) is 13.6. The van der Waals surface area contributed by atoms with Crippen LogP contribution >= 0.6 is 23.5 Å². The number of rotatable bonds is 8. The second-order valence-corrected chi connectivity index (χ2v) is 6.38. The van der Waals surface area contributed by atoms with E-state index in [2.05, 4.69) is 40.7 Å². The highest BCUT2D eigenvalue weighted by Crippen LogP contribution is 2.21. The number of hydrogen-bond donors (Lipinski definition) is 1. The van der Waals surface area contributed by atoms with Crippen molar-refractivity contribution < 1.29 is 4.42 Å². The van der Waals surface area contributed by atoms with Crippen molar-refractivity contribution in [1.29, 1.82) is 0 Å². The number of nitrogens with two attached hydrogens (primary N) is 1. The largest absolute Gasteiger partial charge is 0.414 e. The number of aromatic nitrogens is 2. The van der Waals surface area contributed by atoms with Gasteiger partial charge < -0.3 is 10.2 Å². The molecule has 112 valence electrons. The van der Waals surface area contributed by atoms with Crippen LogP contribution in [-0.4, -0.2) is 28.0 Å². The molecule has 0 aliphatic carbocycles. The Balaban J connectivity index is 1.79. The molecule has 1 unspecified atom stereocenters. The Labute approximate surface area is 133 Å². The average Bonchev–Trinajstić information content (AvgIpc) is 2.99. The molecule has 0 aliphatic rings. The van der Waals surface area contributed by atoms with Gasteiger partial charge in [-0.1, -0.05) is 54.2 Å². The Kier molecular flexibility index (Phi) is 6.85. The molecule has 1 aromatic carbocycles. The Morgan fingerprint density at radius 3 is 2.86 bits per heavy atom. The monoisotopic (exact) mass is 321 g/mol. The topological polar surface area (TPSA) is 64.9 Å². The van der Waals surface area contributed by atoms with E-state index >= 15 is 0 Å². The minimum Gasteiger partial charge on any atom is -0.414 e. The maximum Gasteiger partial charge on any atom is 0.276 e. The fourth-order valence-electron chi connectivity index (χ4n) is 1.66. The third-order valence-electron chi connectivity index (χ3n) is 2.79. The summed E-state index contributed by atoms with van der Waals surface area (Å²) in [6.07, 6.45) is 7.06. The lowest BCUT2D eigenvalue weighted by molar-refractivity contribution is 0.384. The summed E-state index contributed by atoms with van der Waals surface area (Å²) in [5.41, 5.74) is 7.18. The minimum absolute atomic E-state index is 0.167. The first-order valence-electron chi connectivity index (χ1n) is 6.72. The first-order chi connectivity index (χ1) is 10.3. The summed E-state index contributed by atoms with van der Waals surface area (Å²) < 4.78 is 5.57. The third kappa shape index (κ3) is 5.57. The molecule has 0 amide bonds. The summed E-state index contributed by atoms with van der Waals surface area (Å²) in [6, 6.07) is 10.0. The lowest BCUT2D eigenvalue weighted by atomic mass is 10.2. The van der Waals surface area contributed by atoms with Gasteiger partial charge in [0.2, 0.25) is 5.89 Å². The summed E-state index contributed by atoms with van der Waals surface area (Å²) >= 11 is 3.28. The predicted molar refractivity (Wildman–Crippen MR) is 90.4 cm³/mol. The van der Waals surface area contributed by atoms with Crippen LogP contribution in [0.1, 0.15) is 23.9 Å². The second kappa shape index (κ2) is 8.92. The van der Waals surface area contributed by atoms with Crippen LogP contribution in [0, 0.1) is 0 Å². The Hall–Kier alpha value is -1.24. The van der Waals surface area contributed by atoms with Gasteiger partial charge in [-0.05, 0) is 24.0 Å². The van der Waals surface area contributed by atoms with Crippen LogP contribution in [0.25, 0.3) is 6.08 Å². The van der Waals surface area contributed by atoms with Gasteiger partial charge >= 0.3 is 0 Å². The van der Waals surface area contributed by atoms with Crippen molar-refractivity contribution in [2.75, 3.05) is 17.8 Å². The maximum atomic E-state index is 5.99. The standard InChI is InChI=1S/C15H19N3OS2/c1-20-11-9-13(16)14-17-18-15(19-14)21-10-5-8-12-6-3-2-4-7-12/h2-8,13H,9-11,16H2,1H3. The number of benzene rings is 1. The zero-order valence-electron chi connectivity index (χ0n) is 11.9. The molecule has 0 fully saturated rings. The number of nitrogens with zero attached hydrogens (tertiary/aromatic N) is 2. The zero-order chi connectivity index (χ0) is 14.9. The van der Waals surface area contributed by atoms with Crippen LogP contribution < -0.4 is 5.73 Å². The van der Waals surface area contributed by atoms with Gasteiger partial charge in [-0.2, -0.15) is 11.8 Å². The molecule has 0 aliphatic heterocycles. The van der Waals surface area contributed by atoms with Crippen molar-refractivity contribution in [3.63, 3.8) is 0 Å². The second-order valence-electron chi connectivity index (χ2n) is 4.42. The fraction of sp³-hybridized carbons (Fsp3) is 0.333. The molecule has 4 nitrogen and oxygen atoms in total. The summed E-state index contributed by atoms with van der Waals surface area (Å²) in [4.78, 5) is 0. The molecule has 6 heteroatoms. The molecule has 0 saturated heterocycles. The van der Waals surface area contributed by atoms with E-state index in [1.165, 1.54) is 17.3 Å². The van der Waals surface area contributed by atoms with Gasteiger partial charge in [0.1, 0.15) is 0 Å². The third-order valence-corrected chi connectivity index (χ3v) is 4.20. The summed E-state index contributed by atoms with van der Waals surface area (Å²) in [6.45, 7) is 0. The Bertz CT molecular complexity index is 557. The van der Waals surface area contributed by atoms with E-state index in [-0.39, 0.29) is 6.04 Å². The summed E-state index contributed by atoms with van der Waals surface area (Å²) in [5.74, 6) is 2.31. The van der Waals surface area contributed by atoms with Crippen LogP contribution in [0.5, 0.6) is 0 Å². The molecule has 0 spiro atoms. The molecular weight excluding hydrogens is 302 g/mol. The molecule has 2 N–H and O–H groups in total. The van der Waals surface area contributed by atoms with Gasteiger partial charge in [-0.3, -0.25) is 0 Å². The highest BCUT2D eigenvalue weighted by molar-refractivity contribution is 7.99. The molecule has 0 radical (unpaired) electrons. The summed E-state index contributed by atoms with van der Waals surface area (Å²) in [7, 11) is 0. The van der Waals surface area contributed by atoms with Gasteiger partial charge in [-0.15, -0.1) is 10.2 Å². The van der Waals surface area contributed by atoms with Crippen LogP contribution in [0.4, 0.5) is 0 Å². The minimum atomic E-state index is -0.167. The van der Waals surface area contributed by atoms with Gasteiger partial charge in [0.25, 0.3) is 5.22 Å². The van der Waals surface area contributed by atoms with E-state index in [4.69, 9.17) is 10.2 Å². The van der Waals surface area contributed by atoms with Crippen molar-refractivity contribution in [3.05, 3.63) is 47.9 Å². The normalized spacial score (nSPS) is 12.9. The van der Waals surface area contributed by atoms with E-state index in [0.29, 0.717) is 11.1 Å². The quantitative estimate of drug-likeness (QED) is 0.749. The SMILES string of the molecule is CSCCC(N)c1nnc(SCC=Cc2ccccc2)o1. The molecule has 2 aromatic rings. The maximum absolute atomic E-state index is 5.99. The Morgan fingerprint density at radius 2 is 2.10 bits per heavy atom. The molecular formula is C15H19N3OS2. The van der Waals surface area contributed by atoms with E-state index in [0.717, 1.165) is 17.9 Å². The van der Waals surface area contributed by atoms with Crippen molar-refractivity contribution in [2.24, 2.45) is 5.73 Å². The molecule has 1 atom stereocenters. The molecule has 0 bridgehead atoms. The van der Waals surface area contributed by atoms with Crippen LogP contribution in [0.3, 0.4) is 0 Å². The smallest absolute Gasteiger partial charge is 0.276 e. The van der Waals surface area contributed by atoms with Gasteiger partial charge in [0.05, 0.1) is 6.04 Å². The van der Waals surface area contributed by atoms with E-state index in [1.807, 2.05) is 18.2 Å². The lowest BCUT2D eigenvalue weighted by Crippen LogP contribution is -2.11. The van der Waals surface area contributed by atoms with E-state index in [9.17, 15) is 0 Å². The number of hydrogen-bond acceptors (Lipinski definition) is 6.